The molecule has 2 aromatic carbocycles. The van der Waals surface area contributed by atoms with Crippen LogP contribution in [0.4, 0.5) is 10.5 Å². The maximum atomic E-state index is 12.7. The van der Waals surface area contributed by atoms with E-state index in [0.717, 1.165) is 28.3 Å². The summed E-state index contributed by atoms with van der Waals surface area (Å²) in [5.74, 6) is 1.71. The van der Waals surface area contributed by atoms with E-state index in [1.165, 1.54) is 0 Å². The Labute approximate surface area is 139 Å². The average Bonchev–Trinajstić information content (AvgIpc) is 3.17. The minimum Gasteiger partial charge on any atom is -0.508 e. The molecule has 1 N–H and O–H groups in total. The lowest BCUT2D eigenvalue weighted by molar-refractivity contribution is 0.174. The Hall–Kier alpha value is -2.89. The van der Waals surface area contributed by atoms with Crippen LogP contribution in [-0.2, 0) is 6.54 Å². The quantitative estimate of drug-likeness (QED) is 0.942. The second-order valence-corrected chi connectivity index (χ2v) is 6.01. The standard InChI is InChI=1S/C18H18N2O4/c1-12-8-14(3-4-15(12)21)20-7-6-19(18(20)22)10-13-2-5-16-17(9-13)24-11-23-16/h2-5,8-9,21H,6-7,10-11H2,1H3. The van der Waals surface area contributed by atoms with Crippen molar-refractivity contribution in [2.24, 2.45) is 0 Å². The second-order valence-electron chi connectivity index (χ2n) is 6.01. The second kappa shape index (κ2) is 5.63. The Kier molecular flexibility index (Phi) is 3.45. The van der Waals surface area contributed by atoms with E-state index in [-0.39, 0.29) is 18.6 Å². The van der Waals surface area contributed by atoms with Gasteiger partial charge < -0.3 is 19.5 Å². The summed E-state index contributed by atoms with van der Waals surface area (Å²) in [4.78, 5) is 16.2. The van der Waals surface area contributed by atoms with Crippen molar-refractivity contribution in [3.8, 4) is 17.2 Å². The number of benzene rings is 2. The summed E-state index contributed by atoms with van der Waals surface area (Å²) in [7, 11) is 0. The smallest absolute Gasteiger partial charge is 0.324 e. The molecule has 2 aliphatic rings. The normalized spacial score (nSPS) is 16.1. The molecule has 1 fully saturated rings. The maximum Gasteiger partial charge on any atom is 0.324 e. The van der Waals surface area contributed by atoms with Crippen molar-refractivity contribution in [1.29, 1.82) is 0 Å². The average molecular weight is 326 g/mol. The molecule has 124 valence electrons. The zero-order chi connectivity index (χ0) is 16.7. The monoisotopic (exact) mass is 326 g/mol. The fourth-order valence-corrected chi connectivity index (χ4v) is 3.04. The first-order valence-electron chi connectivity index (χ1n) is 7.86. The van der Waals surface area contributed by atoms with Crippen molar-refractivity contribution in [3.05, 3.63) is 47.5 Å². The predicted octanol–water partition coefficient (Wildman–Crippen LogP) is 2.87. The summed E-state index contributed by atoms with van der Waals surface area (Å²) in [6.07, 6.45) is 0. The zero-order valence-electron chi connectivity index (χ0n) is 13.4. The zero-order valence-corrected chi connectivity index (χ0v) is 13.4. The van der Waals surface area contributed by atoms with Gasteiger partial charge in [-0.1, -0.05) is 6.07 Å². The molecule has 0 bridgehead atoms. The number of aryl methyl sites for hydroxylation is 1. The first kappa shape index (κ1) is 14.7. The molecule has 2 aromatic rings. The Balaban J connectivity index is 1.50. The molecule has 2 amide bonds. The van der Waals surface area contributed by atoms with Crippen LogP contribution >= 0.6 is 0 Å². The van der Waals surface area contributed by atoms with Gasteiger partial charge in [-0.05, 0) is 48.4 Å². The third-order valence-electron chi connectivity index (χ3n) is 4.40. The molecule has 6 heteroatoms. The molecule has 24 heavy (non-hydrogen) atoms. The van der Waals surface area contributed by atoms with Crippen molar-refractivity contribution in [1.82, 2.24) is 4.90 Å². The number of phenols is 1. The van der Waals surface area contributed by atoms with Crippen LogP contribution in [0.25, 0.3) is 0 Å². The minimum atomic E-state index is -0.0299. The van der Waals surface area contributed by atoms with Crippen LogP contribution in [0, 0.1) is 6.92 Å². The van der Waals surface area contributed by atoms with Gasteiger partial charge in [0.25, 0.3) is 0 Å². The fraction of sp³-hybridized carbons (Fsp3) is 0.278. The molecule has 2 heterocycles. The molecule has 0 aromatic heterocycles. The van der Waals surface area contributed by atoms with Crippen molar-refractivity contribution < 1.29 is 19.4 Å². The van der Waals surface area contributed by atoms with Crippen molar-refractivity contribution in [2.45, 2.75) is 13.5 Å². The summed E-state index contributed by atoms with van der Waals surface area (Å²) in [5.41, 5.74) is 2.58. The van der Waals surface area contributed by atoms with Gasteiger partial charge in [0, 0.05) is 25.3 Å². The van der Waals surface area contributed by atoms with E-state index in [0.29, 0.717) is 19.6 Å². The number of amides is 2. The maximum absolute atomic E-state index is 12.7. The summed E-state index contributed by atoms with van der Waals surface area (Å²) >= 11 is 0. The molecule has 0 aliphatic carbocycles. The Morgan fingerprint density at radius 2 is 1.92 bits per heavy atom. The molecule has 4 rings (SSSR count). The Bertz CT molecular complexity index is 806. The largest absolute Gasteiger partial charge is 0.508 e. The van der Waals surface area contributed by atoms with E-state index in [4.69, 9.17) is 9.47 Å². The fourth-order valence-electron chi connectivity index (χ4n) is 3.04. The lowest BCUT2D eigenvalue weighted by atomic mass is 10.2. The third-order valence-corrected chi connectivity index (χ3v) is 4.40. The van der Waals surface area contributed by atoms with Gasteiger partial charge in [0.15, 0.2) is 11.5 Å². The molecule has 0 atom stereocenters. The van der Waals surface area contributed by atoms with Gasteiger partial charge in [-0.2, -0.15) is 0 Å². The summed E-state index contributed by atoms with van der Waals surface area (Å²) in [6.45, 7) is 3.89. The molecular formula is C18H18N2O4. The van der Waals surface area contributed by atoms with E-state index in [2.05, 4.69) is 0 Å². The molecule has 0 unspecified atom stereocenters. The minimum absolute atomic E-state index is 0.0299. The van der Waals surface area contributed by atoms with E-state index >= 15 is 0 Å². The van der Waals surface area contributed by atoms with E-state index in [1.807, 2.05) is 31.2 Å². The number of rotatable bonds is 3. The Morgan fingerprint density at radius 3 is 2.75 bits per heavy atom. The summed E-state index contributed by atoms with van der Waals surface area (Å²) in [6, 6.07) is 10.9. The van der Waals surface area contributed by atoms with Crippen LogP contribution in [0.5, 0.6) is 17.2 Å². The number of fused-ring (bicyclic) bond motifs is 1. The highest BCUT2D eigenvalue weighted by molar-refractivity contribution is 5.94. The predicted molar refractivity (Wildman–Crippen MR) is 88.6 cm³/mol. The number of carbonyl (C=O) groups is 1. The lowest BCUT2D eigenvalue weighted by Crippen LogP contribution is -2.31. The van der Waals surface area contributed by atoms with Crippen LogP contribution in [0.1, 0.15) is 11.1 Å². The number of anilines is 1. The molecule has 0 radical (unpaired) electrons. The summed E-state index contributed by atoms with van der Waals surface area (Å²) in [5, 5.41) is 9.64. The molecule has 6 nitrogen and oxygen atoms in total. The van der Waals surface area contributed by atoms with Gasteiger partial charge in [-0.3, -0.25) is 4.90 Å². The van der Waals surface area contributed by atoms with Gasteiger partial charge in [-0.25, -0.2) is 4.79 Å². The number of hydrogen-bond acceptors (Lipinski definition) is 4. The van der Waals surface area contributed by atoms with Gasteiger partial charge in [0.2, 0.25) is 6.79 Å². The third kappa shape index (κ3) is 2.50. The van der Waals surface area contributed by atoms with Crippen LogP contribution in [0.3, 0.4) is 0 Å². The molecule has 1 saturated heterocycles. The van der Waals surface area contributed by atoms with Crippen LogP contribution in [0.2, 0.25) is 0 Å². The van der Waals surface area contributed by atoms with Crippen molar-refractivity contribution in [2.75, 3.05) is 24.8 Å². The first-order valence-corrected chi connectivity index (χ1v) is 7.86. The number of nitrogens with zero attached hydrogens (tertiary/aromatic N) is 2. The lowest BCUT2D eigenvalue weighted by Gasteiger charge is -2.19. The van der Waals surface area contributed by atoms with E-state index in [9.17, 15) is 9.90 Å². The summed E-state index contributed by atoms with van der Waals surface area (Å²) < 4.78 is 10.7. The van der Waals surface area contributed by atoms with Crippen LogP contribution in [0.15, 0.2) is 36.4 Å². The number of ether oxygens (including phenoxy) is 2. The van der Waals surface area contributed by atoms with E-state index in [1.54, 1.807) is 21.9 Å². The highest BCUT2D eigenvalue weighted by Gasteiger charge is 2.30. The van der Waals surface area contributed by atoms with Gasteiger partial charge in [0.05, 0.1) is 0 Å². The Morgan fingerprint density at radius 1 is 1.08 bits per heavy atom. The molecule has 0 saturated carbocycles. The number of urea groups is 1. The van der Waals surface area contributed by atoms with Gasteiger partial charge in [0.1, 0.15) is 5.75 Å². The SMILES string of the molecule is Cc1cc(N2CCN(Cc3ccc4c(c3)OCO4)C2=O)ccc1O. The van der Waals surface area contributed by atoms with Crippen LogP contribution < -0.4 is 14.4 Å². The number of phenolic OH excluding ortho intramolecular Hbond substituents is 1. The highest BCUT2D eigenvalue weighted by atomic mass is 16.7. The van der Waals surface area contributed by atoms with Gasteiger partial charge in [-0.15, -0.1) is 0 Å². The van der Waals surface area contributed by atoms with Crippen LogP contribution in [-0.4, -0.2) is 35.9 Å². The molecule has 2 aliphatic heterocycles. The number of carbonyl (C=O) groups excluding carboxylic acids is 1. The molecule has 0 spiro atoms. The topological polar surface area (TPSA) is 62.2 Å². The van der Waals surface area contributed by atoms with Gasteiger partial charge >= 0.3 is 6.03 Å². The van der Waals surface area contributed by atoms with Crippen molar-refractivity contribution >= 4 is 11.7 Å². The van der Waals surface area contributed by atoms with E-state index < -0.39 is 0 Å². The number of hydrogen-bond donors (Lipinski definition) is 1. The highest BCUT2D eigenvalue weighted by Crippen LogP contribution is 2.33. The van der Waals surface area contributed by atoms with Crippen molar-refractivity contribution in [3.63, 3.8) is 0 Å². The first-order chi connectivity index (χ1) is 11.6. The number of aromatic hydroxyl groups is 1. The molecular weight excluding hydrogens is 308 g/mol.